The minimum atomic E-state index is 0.150. The molecule has 0 bridgehead atoms. The molecule has 0 spiro atoms. The Morgan fingerprint density at radius 2 is 1.93 bits per heavy atom. The van der Waals surface area contributed by atoms with E-state index in [0.717, 1.165) is 12.2 Å². The molecule has 0 fully saturated rings. The molecule has 0 aliphatic heterocycles. The number of hydrogen-bond acceptors (Lipinski definition) is 2. The summed E-state index contributed by atoms with van der Waals surface area (Å²) in [5, 5.41) is 3.45. The molecule has 2 heteroatoms. The van der Waals surface area contributed by atoms with Gasteiger partial charge in [-0.25, -0.2) is 0 Å². The maximum Gasteiger partial charge on any atom is 0.0346 e. The van der Waals surface area contributed by atoms with Gasteiger partial charge in [-0.3, -0.25) is 0 Å². The topological polar surface area (TPSA) is 38.0 Å². The van der Waals surface area contributed by atoms with Gasteiger partial charge >= 0.3 is 0 Å². The first-order chi connectivity index (χ1) is 6.40. The van der Waals surface area contributed by atoms with Crippen LogP contribution in [0.15, 0.2) is 18.2 Å². The Morgan fingerprint density at radius 3 is 2.50 bits per heavy atom. The molecule has 14 heavy (non-hydrogen) atoms. The van der Waals surface area contributed by atoms with Gasteiger partial charge in [0.2, 0.25) is 0 Å². The summed E-state index contributed by atoms with van der Waals surface area (Å²) in [6.45, 7) is 9.42. The lowest BCUT2D eigenvalue weighted by molar-refractivity contribution is 0.424. The van der Waals surface area contributed by atoms with E-state index in [1.165, 1.54) is 11.1 Å². The molecule has 1 aromatic rings. The average molecular weight is 192 g/mol. The Morgan fingerprint density at radius 1 is 1.29 bits per heavy atom. The summed E-state index contributed by atoms with van der Waals surface area (Å²) < 4.78 is 0. The highest BCUT2D eigenvalue weighted by molar-refractivity contribution is 5.49. The van der Waals surface area contributed by atoms with Gasteiger partial charge in [-0.1, -0.05) is 12.1 Å². The number of nitrogens with two attached hydrogens (primary N) is 1. The van der Waals surface area contributed by atoms with E-state index >= 15 is 0 Å². The van der Waals surface area contributed by atoms with Crippen LogP contribution in [0.4, 0.5) is 5.69 Å². The third-order valence-corrected chi connectivity index (χ3v) is 2.30. The van der Waals surface area contributed by atoms with Gasteiger partial charge in [0.25, 0.3) is 0 Å². The van der Waals surface area contributed by atoms with E-state index in [1.807, 2.05) is 12.1 Å². The quantitative estimate of drug-likeness (QED) is 0.706. The van der Waals surface area contributed by atoms with Gasteiger partial charge in [0.1, 0.15) is 0 Å². The van der Waals surface area contributed by atoms with Crippen molar-refractivity contribution < 1.29 is 0 Å². The first-order valence-electron chi connectivity index (χ1n) is 4.99. The second-order valence-electron chi connectivity index (χ2n) is 4.73. The number of anilines is 1. The maximum absolute atomic E-state index is 5.83. The van der Waals surface area contributed by atoms with Crippen LogP contribution in [0.2, 0.25) is 0 Å². The zero-order chi connectivity index (χ0) is 10.8. The predicted octanol–water partition coefficient (Wildman–Crippen LogP) is 2.47. The molecule has 0 aromatic heterocycles. The van der Waals surface area contributed by atoms with Crippen LogP contribution < -0.4 is 11.1 Å². The van der Waals surface area contributed by atoms with Gasteiger partial charge in [0, 0.05) is 17.8 Å². The van der Waals surface area contributed by atoms with Crippen molar-refractivity contribution >= 4 is 5.69 Å². The Hall–Kier alpha value is -1.02. The molecule has 0 aliphatic carbocycles. The molecule has 0 saturated carbocycles. The Balaban J connectivity index is 2.73. The Labute approximate surface area is 86.5 Å². The smallest absolute Gasteiger partial charge is 0.0346 e. The van der Waals surface area contributed by atoms with Crippen LogP contribution in [0.5, 0.6) is 0 Å². The van der Waals surface area contributed by atoms with Gasteiger partial charge in [-0.05, 0) is 44.9 Å². The van der Waals surface area contributed by atoms with Crippen molar-refractivity contribution in [3.63, 3.8) is 0 Å². The van der Waals surface area contributed by atoms with E-state index in [4.69, 9.17) is 5.73 Å². The lowest BCUT2D eigenvalue weighted by Gasteiger charge is -2.21. The van der Waals surface area contributed by atoms with Crippen molar-refractivity contribution in [2.45, 2.75) is 39.8 Å². The fourth-order valence-electron chi connectivity index (χ4n) is 1.26. The highest BCUT2D eigenvalue weighted by atomic mass is 14.9. The standard InChI is InChI=1S/C12H20N2/c1-9-10(6-5-7-11(9)13)8-14-12(2,3)4/h5-7,14H,8,13H2,1-4H3. The summed E-state index contributed by atoms with van der Waals surface area (Å²) in [6.07, 6.45) is 0. The van der Waals surface area contributed by atoms with E-state index in [-0.39, 0.29) is 5.54 Å². The zero-order valence-electron chi connectivity index (χ0n) is 9.52. The van der Waals surface area contributed by atoms with E-state index in [1.54, 1.807) is 0 Å². The van der Waals surface area contributed by atoms with Crippen LogP contribution in [0.1, 0.15) is 31.9 Å². The van der Waals surface area contributed by atoms with Crippen LogP contribution in [0, 0.1) is 6.92 Å². The summed E-state index contributed by atoms with van der Waals surface area (Å²) in [6, 6.07) is 6.06. The number of nitrogen functional groups attached to an aromatic ring is 1. The molecular weight excluding hydrogens is 172 g/mol. The van der Waals surface area contributed by atoms with Gasteiger partial charge in [0.15, 0.2) is 0 Å². The maximum atomic E-state index is 5.83. The van der Waals surface area contributed by atoms with Crippen molar-refractivity contribution in [1.82, 2.24) is 5.32 Å². The third kappa shape index (κ3) is 3.04. The van der Waals surface area contributed by atoms with Crippen LogP contribution in [0.25, 0.3) is 0 Å². The molecule has 1 rings (SSSR count). The summed E-state index contributed by atoms with van der Waals surface area (Å²) in [5.74, 6) is 0. The van der Waals surface area contributed by atoms with Gasteiger partial charge in [-0.15, -0.1) is 0 Å². The van der Waals surface area contributed by atoms with E-state index < -0.39 is 0 Å². The highest BCUT2D eigenvalue weighted by Gasteiger charge is 2.09. The van der Waals surface area contributed by atoms with Gasteiger partial charge < -0.3 is 11.1 Å². The third-order valence-electron chi connectivity index (χ3n) is 2.30. The van der Waals surface area contributed by atoms with Gasteiger partial charge in [0.05, 0.1) is 0 Å². The number of rotatable bonds is 2. The van der Waals surface area contributed by atoms with Crippen LogP contribution in [-0.2, 0) is 6.54 Å². The van der Waals surface area contributed by atoms with E-state index in [0.29, 0.717) is 0 Å². The predicted molar refractivity (Wildman–Crippen MR) is 62.2 cm³/mol. The van der Waals surface area contributed by atoms with Gasteiger partial charge in [-0.2, -0.15) is 0 Å². The average Bonchev–Trinajstić information content (AvgIpc) is 2.06. The number of benzene rings is 1. The summed E-state index contributed by atoms with van der Waals surface area (Å²) in [4.78, 5) is 0. The highest BCUT2D eigenvalue weighted by Crippen LogP contribution is 2.15. The molecule has 0 amide bonds. The first-order valence-corrected chi connectivity index (χ1v) is 4.99. The zero-order valence-corrected chi connectivity index (χ0v) is 9.52. The van der Waals surface area contributed by atoms with Crippen LogP contribution >= 0.6 is 0 Å². The minimum Gasteiger partial charge on any atom is -0.399 e. The molecular formula is C12H20N2. The fraction of sp³-hybridized carbons (Fsp3) is 0.500. The van der Waals surface area contributed by atoms with Crippen molar-refractivity contribution in [2.24, 2.45) is 0 Å². The van der Waals surface area contributed by atoms with Crippen LogP contribution in [-0.4, -0.2) is 5.54 Å². The molecule has 0 atom stereocenters. The molecule has 1 aromatic carbocycles. The number of nitrogens with one attached hydrogen (secondary N) is 1. The lowest BCUT2D eigenvalue weighted by atomic mass is 10.0. The first kappa shape index (κ1) is 11.1. The second-order valence-corrected chi connectivity index (χ2v) is 4.73. The molecule has 0 radical (unpaired) electrons. The molecule has 78 valence electrons. The fourth-order valence-corrected chi connectivity index (χ4v) is 1.26. The Kier molecular flexibility index (Phi) is 3.17. The van der Waals surface area contributed by atoms with Crippen molar-refractivity contribution in [3.8, 4) is 0 Å². The molecule has 0 heterocycles. The normalized spacial score (nSPS) is 11.7. The molecule has 2 nitrogen and oxygen atoms in total. The van der Waals surface area contributed by atoms with Crippen molar-refractivity contribution in [2.75, 3.05) is 5.73 Å². The van der Waals surface area contributed by atoms with Crippen molar-refractivity contribution in [3.05, 3.63) is 29.3 Å². The summed E-state index contributed by atoms with van der Waals surface area (Å²) in [7, 11) is 0. The SMILES string of the molecule is Cc1c(N)cccc1CNC(C)(C)C. The molecule has 0 aliphatic rings. The minimum absolute atomic E-state index is 0.150. The second kappa shape index (κ2) is 4.01. The largest absolute Gasteiger partial charge is 0.399 e. The van der Waals surface area contributed by atoms with Crippen LogP contribution in [0.3, 0.4) is 0 Å². The summed E-state index contributed by atoms with van der Waals surface area (Å²) >= 11 is 0. The lowest BCUT2D eigenvalue weighted by Crippen LogP contribution is -2.35. The van der Waals surface area contributed by atoms with E-state index in [9.17, 15) is 0 Å². The molecule has 0 unspecified atom stereocenters. The summed E-state index contributed by atoms with van der Waals surface area (Å²) in [5.41, 5.74) is 9.32. The number of hydrogen-bond donors (Lipinski definition) is 2. The monoisotopic (exact) mass is 192 g/mol. The van der Waals surface area contributed by atoms with Crippen molar-refractivity contribution in [1.29, 1.82) is 0 Å². The molecule has 0 saturated heterocycles. The Bertz CT molecular complexity index is 311. The van der Waals surface area contributed by atoms with E-state index in [2.05, 4.69) is 39.1 Å². The molecule has 3 N–H and O–H groups in total.